The fourth-order valence-electron chi connectivity index (χ4n) is 1.60. The van der Waals surface area contributed by atoms with E-state index in [0.29, 0.717) is 10.8 Å². The van der Waals surface area contributed by atoms with Crippen molar-refractivity contribution in [3.05, 3.63) is 31.4 Å². The van der Waals surface area contributed by atoms with E-state index in [0.717, 1.165) is 10.6 Å². The maximum Gasteiger partial charge on any atom is 0.408 e. The van der Waals surface area contributed by atoms with E-state index >= 15 is 0 Å². The standard InChI is InChI=1S/C11H12ClN5O3S/c1-5-7(3)21-11(13-5)14-8(18)4-16-6(2)9(12)10(15-16)17(19)20/h4H2,1-3H3,(H,13,14,18). The molecule has 0 atom stereocenters. The van der Waals surface area contributed by atoms with Crippen molar-refractivity contribution < 1.29 is 9.72 Å². The maximum absolute atomic E-state index is 11.9. The fraction of sp³-hybridized carbons (Fsp3) is 0.364. The molecule has 2 aromatic rings. The molecular weight excluding hydrogens is 318 g/mol. The predicted octanol–water partition coefficient (Wildman–Crippen LogP) is 2.47. The summed E-state index contributed by atoms with van der Waals surface area (Å²) in [6.45, 7) is 5.15. The zero-order valence-electron chi connectivity index (χ0n) is 11.5. The normalized spacial score (nSPS) is 10.7. The Morgan fingerprint density at radius 2 is 2.14 bits per heavy atom. The number of aromatic nitrogens is 3. The zero-order valence-corrected chi connectivity index (χ0v) is 13.1. The molecule has 2 heterocycles. The number of thiazole rings is 1. The van der Waals surface area contributed by atoms with Gasteiger partial charge in [0.05, 0.1) is 16.5 Å². The number of rotatable bonds is 4. The smallest absolute Gasteiger partial charge is 0.358 e. The van der Waals surface area contributed by atoms with Crippen LogP contribution < -0.4 is 5.32 Å². The SMILES string of the molecule is Cc1nc(NC(=O)Cn2nc([N+](=O)[O-])c(Cl)c2C)sc1C. The van der Waals surface area contributed by atoms with Crippen molar-refractivity contribution in [2.24, 2.45) is 0 Å². The van der Waals surface area contributed by atoms with Crippen LogP contribution in [0.25, 0.3) is 0 Å². The fourth-order valence-corrected chi connectivity index (χ4v) is 2.64. The average molecular weight is 330 g/mol. The Labute approximate surface area is 128 Å². The van der Waals surface area contributed by atoms with Gasteiger partial charge in [-0.05, 0) is 25.7 Å². The molecule has 0 fully saturated rings. The molecule has 2 rings (SSSR count). The second-order valence-corrected chi connectivity index (χ2v) is 5.93. The van der Waals surface area contributed by atoms with Crippen LogP contribution >= 0.6 is 22.9 Å². The Kier molecular flexibility index (Phi) is 4.24. The van der Waals surface area contributed by atoms with Gasteiger partial charge in [0.1, 0.15) is 6.54 Å². The molecule has 0 spiro atoms. The van der Waals surface area contributed by atoms with E-state index < -0.39 is 10.7 Å². The van der Waals surface area contributed by atoms with Gasteiger partial charge in [-0.1, -0.05) is 11.6 Å². The van der Waals surface area contributed by atoms with Crippen molar-refractivity contribution in [2.45, 2.75) is 27.3 Å². The summed E-state index contributed by atoms with van der Waals surface area (Å²) in [6.07, 6.45) is 0. The number of carbonyl (C=O) groups excluding carboxylic acids is 1. The highest BCUT2D eigenvalue weighted by atomic mass is 35.5. The lowest BCUT2D eigenvalue weighted by molar-refractivity contribution is -0.389. The first-order chi connectivity index (χ1) is 9.79. The van der Waals surface area contributed by atoms with Gasteiger partial charge in [-0.15, -0.1) is 11.3 Å². The third kappa shape index (κ3) is 3.19. The summed E-state index contributed by atoms with van der Waals surface area (Å²) < 4.78 is 1.20. The van der Waals surface area contributed by atoms with Crippen LogP contribution in [0.5, 0.6) is 0 Å². The van der Waals surface area contributed by atoms with E-state index in [9.17, 15) is 14.9 Å². The third-order valence-corrected chi connectivity index (χ3v) is 4.29. The number of halogens is 1. The minimum Gasteiger partial charge on any atom is -0.358 e. The van der Waals surface area contributed by atoms with E-state index in [1.807, 2.05) is 13.8 Å². The van der Waals surface area contributed by atoms with E-state index in [-0.39, 0.29) is 17.5 Å². The van der Waals surface area contributed by atoms with Crippen LogP contribution in [0.15, 0.2) is 0 Å². The van der Waals surface area contributed by atoms with Crippen LogP contribution in [0.1, 0.15) is 16.3 Å². The number of aryl methyl sites for hydroxylation is 2. The Hall–Kier alpha value is -2.00. The van der Waals surface area contributed by atoms with Gasteiger partial charge in [0, 0.05) is 4.88 Å². The lowest BCUT2D eigenvalue weighted by atomic mass is 10.4. The number of hydrogen-bond acceptors (Lipinski definition) is 6. The maximum atomic E-state index is 11.9. The second-order valence-electron chi connectivity index (χ2n) is 4.35. The number of nitrogens with one attached hydrogen (secondary N) is 1. The van der Waals surface area contributed by atoms with Crippen LogP contribution in [-0.2, 0) is 11.3 Å². The molecule has 112 valence electrons. The van der Waals surface area contributed by atoms with Crippen molar-refractivity contribution in [1.29, 1.82) is 0 Å². The molecule has 21 heavy (non-hydrogen) atoms. The van der Waals surface area contributed by atoms with Crippen LogP contribution in [-0.4, -0.2) is 25.6 Å². The highest BCUT2D eigenvalue weighted by Crippen LogP contribution is 2.26. The first-order valence-corrected chi connectivity index (χ1v) is 7.10. The summed E-state index contributed by atoms with van der Waals surface area (Å²) in [6, 6.07) is 0. The quantitative estimate of drug-likeness (QED) is 0.685. The lowest BCUT2D eigenvalue weighted by Gasteiger charge is -2.00. The molecule has 0 radical (unpaired) electrons. The van der Waals surface area contributed by atoms with Gasteiger partial charge in [-0.2, -0.15) is 4.68 Å². The molecule has 1 N–H and O–H groups in total. The number of nitrogens with zero attached hydrogens (tertiary/aromatic N) is 4. The van der Waals surface area contributed by atoms with Crippen molar-refractivity contribution in [3.63, 3.8) is 0 Å². The monoisotopic (exact) mass is 329 g/mol. The average Bonchev–Trinajstić information content (AvgIpc) is 2.83. The zero-order chi connectivity index (χ0) is 15.7. The third-order valence-electron chi connectivity index (χ3n) is 2.86. The molecule has 0 saturated heterocycles. The largest absolute Gasteiger partial charge is 0.408 e. The van der Waals surface area contributed by atoms with Crippen molar-refractivity contribution >= 4 is 39.8 Å². The second kappa shape index (κ2) is 5.78. The van der Waals surface area contributed by atoms with Crippen LogP contribution in [0.4, 0.5) is 10.9 Å². The topological polar surface area (TPSA) is 103 Å². The summed E-state index contributed by atoms with van der Waals surface area (Å²) in [5.41, 5.74) is 1.22. The predicted molar refractivity (Wildman–Crippen MR) is 78.8 cm³/mol. The molecule has 0 aliphatic heterocycles. The molecule has 0 aromatic carbocycles. The van der Waals surface area contributed by atoms with E-state index in [1.54, 1.807) is 6.92 Å². The van der Waals surface area contributed by atoms with Gasteiger partial charge in [0.25, 0.3) is 0 Å². The van der Waals surface area contributed by atoms with Gasteiger partial charge in [0.2, 0.25) is 5.91 Å². The Morgan fingerprint density at radius 1 is 1.48 bits per heavy atom. The van der Waals surface area contributed by atoms with Gasteiger partial charge < -0.3 is 15.4 Å². The highest BCUT2D eigenvalue weighted by Gasteiger charge is 2.25. The minimum absolute atomic E-state index is 0.0614. The molecule has 10 heteroatoms. The number of nitro groups is 1. The van der Waals surface area contributed by atoms with Crippen molar-refractivity contribution in [2.75, 3.05) is 5.32 Å². The highest BCUT2D eigenvalue weighted by molar-refractivity contribution is 7.15. The number of hydrogen-bond donors (Lipinski definition) is 1. The summed E-state index contributed by atoms with van der Waals surface area (Å²) in [4.78, 5) is 27.2. The number of carbonyl (C=O) groups is 1. The first kappa shape index (κ1) is 15.4. The number of amides is 1. The molecule has 2 aromatic heterocycles. The summed E-state index contributed by atoms with van der Waals surface area (Å²) in [5, 5.41) is 17.5. The molecule has 1 amide bonds. The van der Waals surface area contributed by atoms with E-state index in [2.05, 4.69) is 15.4 Å². The minimum atomic E-state index is -0.683. The molecule has 0 bridgehead atoms. The Morgan fingerprint density at radius 3 is 2.62 bits per heavy atom. The van der Waals surface area contributed by atoms with Crippen molar-refractivity contribution in [3.8, 4) is 0 Å². The van der Waals surface area contributed by atoms with Gasteiger partial charge in [-0.25, -0.2) is 4.98 Å². The van der Waals surface area contributed by atoms with Gasteiger partial charge >= 0.3 is 5.82 Å². The molecule has 0 saturated carbocycles. The molecule has 8 nitrogen and oxygen atoms in total. The lowest BCUT2D eigenvalue weighted by Crippen LogP contribution is -2.20. The van der Waals surface area contributed by atoms with Crippen LogP contribution in [0.2, 0.25) is 5.02 Å². The van der Waals surface area contributed by atoms with E-state index in [1.165, 1.54) is 16.0 Å². The molecule has 0 aliphatic carbocycles. The molecular formula is C11H12ClN5O3S. The van der Waals surface area contributed by atoms with Gasteiger partial charge in [-0.3, -0.25) is 4.79 Å². The van der Waals surface area contributed by atoms with Crippen LogP contribution in [0, 0.1) is 30.9 Å². The molecule has 0 unspecified atom stereocenters. The van der Waals surface area contributed by atoms with Crippen molar-refractivity contribution in [1.82, 2.24) is 14.8 Å². The molecule has 0 aliphatic rings. The van der Waals surface area contributed by atoms with E-state index in [4.69, 9.17) is 11.6 Å². The summed E-state index contributed by atoms with van der Waals surface area (Å²) >= 11 is 7.17. The van der Waals surface area contributed by atoms with Crippen LogP contribution in [0.3, 0.4) is 0 Å². The first-order valence-electron chi connectivity index (χ1n) is 5.90. The summed E-state index contributed by atoms with van der Waals surface area (Å²) in [7, 11) is 0. The number of anilines is 1. The Balaban J connectivity index is 2.13. The Bertz CT molecular complexity index is 704. The van der Waals surface area contributed by atoms with Gasteiger partial charge in [0.15, 0.2) is 10.2 Å². The summed E-state index contributed by atoms with van der Waals surface area (Å²) in [5.74, 6) is -0.830.